The first-order valence-corrected chi connectivity index (χ1v) is 6.13. The molecule has 0 amide bonds. The lowest BCUT2D eigenvalue weighted by atomic mass is 10.1. The normalized spacial score (nSPS) is 10.3. The largest absolute Gasteiger partial charge is 0.496 e. The van der Waals surface area contributed by atoms with Crippen molar-refractivity contribution in [2.75, 3.05) is 7.11 Å². The number of aromatic nitrogens is 1. The summed E-state index contributed by atoms with van der Waals surface area (Å²) >= 11 is 5.08. The van der Waals surface area contributed by atoms with Crippen LogP contribution >= 0.6 is 27.3 Å². The Morgan fingerprint density at radius 1 is 1.40 bits per heavy atom. The molecule has 0 N–H and O–H groups in total. The number of aryl methyl sites for hydroxylation is 1. The zero-order chi connectivity index (χ0) is 10.8. The predicted octanol–water partition coefficient (Wildman–Crippen LogP) is 3.89. The second kappa shape index (κ2) is 4.33. The number of benzene rings is 1. The summed E-state index contributed by atoms with van der Waals surface area (Å²) in [5.74, 6) is 0.908. The van der Waals surface area contributed by atoms with E-state index in [0.29, 0.717) is 0 Å². The summed E-state index contributed by atoms with van der Waals surface area (Å²) in [7, 11) is 1.68. The molecule has 0 radical (unpaired) electrons. The summed E-state index contributed by atoms with van der Waals surface area (Å²) in [4.78, 5) is 4.31. The van der Waals surface area contributed by atoms with Gasteiger partial charge in [0.25, 0.3) is 0 Å². The summed E-state index contributed by atoms with van der Waals surface area (Å²) in [6.07, 6.45) is 0. The topological polar surface area (TPSA) is 22.1 Å². The van der Waals surface area contributed by atoms with Gasteiger partial charge in [0.2, 0.25) is 0 Å². The highest BCUT2D eigenvalue weighted by Gasteiger charge is 2.07. The van der Waals surface area contributed by atoms with Crippen molar-refractivity contribution in [2.24, 2.45) is 0 Å². The minimum Gasteiger partial charge on any atom is -0.496 e. The highest BCUT2D eigenvalue weighted by molar-refractivity contribution is 9.11. The van der Waals surface area contributed by atoms with Gasteiger partial charge in [-0.05, 0) is 46.6 Å². The van der Waals surface area contributed by atoms with Gasteiger partial charge in [-0.2, -0.15) is 0 Å². The Morgan fingerprint density at radius 3 is 2.73 bits per heavy atom. The molecular formula is C11H10BrNOS. The lowest BCUT2D eigenvalue weighted by Crippen LogP contribution is -1.87. The number of rotatable bonds is 2. The van der Waals surface area contributed by atoms with Crippen LogP contribution in [-0.2, 0) is 0 Å². The first-order chi connectivity index (χ1) is 7.22. The van der Waals surface area contributed by atoms with Crippen LogP contribution in [0.1, 0.15) is 5.56 Å². The van der Waals surface area contributed by atoms with Crippen LogP contribution in [0.25, 0.3) is 11.3 Å². The van der Waals surface area contributed by atoms with Crippen molar-refractivity contribution in [1.82, 2.24) is 4.98 Å². The van der Waals surface area contributed by atoms with Gasteiger partial charge in [-0.25, -0.2) is 4.98 Å². The first-order valence-electron chi connectivity index (χ1n) is 4.46. The molecule has 0 aliphatic carbocycles. The van der Waals surface area contributed by atoms with Crippen molar-refractivity contribution in [1.29, 1.82) is 0 Å². The average Bonchev–Trinajstić information content (AvgIpc) is 2.64. The van der Waals surface area contributed by atoms with Gasteiger partial charge in [0.15, 0.2) is 0 Å². The molecule has 0 bridgehead atoms. The van der Waals surface area contributed by atoms with E-state index in [2.05, 4.69) is 27.0 Å². The maximum atomic E-state index is 5.22. The van der Waals surface area contributed by atoms with E-state index in [1.807, 2.05) is 24.6 Å². The number of hydrogen-bond donors (Lipinski definition) is 0. The summed E-state index contributed by atoms with van der Waals surface area (Å²) in [6, 6.07) is 6.07. The number of methoxy groups -OCH3 is 1. The Kier molecular flexibility index (Phi) is 3.07. The summed E-state index contributed by atoms with van der Waals surface area (Å²) in [5.41, 5.74) is 5.06. The third-order valence-electron chi connectivity index (χ3n) is 2.19. The van der Waals surface area contributed by atoms with Crippen LogP contribution < -0.4 is 4.74 Å². The van der Waals surface area contributed by atoms with Crippen molar-refractivity contribution < 1.29 is 4.74 Å². The molecule has 0 saturated carbocycles. The van der Waals surface area contributed by atoms with Crippen molar-refractivity contribution in [3.8, 4) is 17.0 Å². The van der Waals surface area contributed by atoms with Crippen LogP contribution in [0, 0.1) is 6.92 Å². The number of thiazole rings is 1. The molecule has 0 fully saturated rings. The maximum absolute atomic E-state index is 5.22. The van der Waals surface area contributed by atoms with E-state index in [4.69, 9.17) is 4.74 Å². The average molecular weight is 284 g/mol. The molecule has 2 nitrogen and oxygen atoms in total. The fourth-order valence-electron chi connectivity index (χ4n) is 1.45. The highest BCUT2D eigenvalue weighted by atomic mass is 79.9. The third kappa shape index (κ3) is 2.06. The molecule has 1 heterocycles. The van der Waals surface area contributed by atoms with Gasteiger partial charge < -0.3 is 4.74 Å². The van der Waals surface area contributed by atoms with E-state index in [0.717, 1.165) is 26.4 Å². The van der Waals surface area contributed by atoms with Crippen LogP contribution in [0.4, 0.5) is 0 Å². The zero-order valence-corrected chi connectivity index (χ0v) is 10.9. The van der Waals surface area contributed by atoms with Gasteiger partial charge in [0.05, 0.1) is 22.1 Å². The fourth-order valence-corrected chi connectivity index (χ4v) is 2.56. The van der Waals surface area contributed by atoms with Gasteiger partial charge in [0, 0.05) is 5.56 Å². The molecule has 15 heavy (non-hydrogen) atoms. The van der Waals surface area contributed by atoms with E-state index >= 15 is 0 Å². The monoisotopic (exact) mass is 283 g/mol. The molecule has 4 heteroatoms. The molecule has 2 rings (SSSR count). The maximum Gasteiger partial charge on any atom is 0.121 e. The van der Waals surface area contributed by atoms with Crippen LogP contribution in [0.15, 0.2) is 27.5 Å². The molecular weight excluding hydrogens is 274 g/mol. The lowest BCUT2D eigenvalue weighted by Gasteiger charge is -2.06. The molecule has 1 aromatic heterocycles. The van der Waals surface area contributed by atoms with Crippen molar-refractivity contribution in [2.45, 2.75) is 6.92 Å². The summed E-state index contributed by atoms with van der Waals surface area (Å²) in [5, 5.41) is 0. The molecule has 0 spiro atoms. The molecule has 78 valence electrons. The van der Waals surface area contributed by atoms with E-state index in [9.17, 15) is 0 Å². The van der Waals surface area contributed by atoms with Gasteiger partial charge in [0.1, 0.15) is 5.75 Å². The number of nitrogens with zero attached hydrogens (tertiary/aromatic N) is 1. The lowest BCUT2D eigenvalue weighted by molar-refractivity contribution is 0.412. The first kappa shape index (κ1) is 10.6. The second-order valence-electron chi connectivity index (χ2n) is 3.16. The van der Waals surface area contributed by atoms with E-state index in [1.54, 1.807) is 18.4 Å². The van der Waals surface area contributed by atoms with Gasteiger partial charge >= 0.3 is 0 Å². The molecule has 1 aromatic carbocycles. The molecule has 0 aliphatic rings. The smallest absolute Gasteiger partial charge is 0.121 e. The number of ether oxygens (including phenoxy) is 1. The fraction of sp³-hybridized carbons (Fsp3) is 0.182. The van der Waals surface area contributed by atoms with Gasteiger partial charge in [-0.1, -0.05) is 0 Å². The van der Waals surface area contributed by atoms with Crippen LogP contribution in [-0.4, -0.2) is 12.1 Å². The quantitative estimate of drug-likeness (QED) is 0.834. The molecule has 0 saturated heterocycles. The Morgan fingerprint density at radius 2 is 2.20 bits per heavy atom. The van der Waals surface area contributed by atoms with E-state index < -0.39 is 0 Å². The Hall–Kier alpha value is -0.870. The third-order valence-corrected chi connectivity index (χ3v) is 3.74. The van der Waals surface area contributed by atoms with Crippen LogP contribution in [0.3, 0.4) is 0 Å². The minimum atomic E-state index is 0.908. The molecule has 0 aliphatic heterocycles. The Bertz CT molecular complexity index is 481. The molecule has 2 aromatic rings. The summed E-state index contributed by atoms with van der Waals surface area (Å²) < 4.78 is 6.28. The van der Waals surface area contributed by atoms with E-state index in [1.165, 1.54) is 0 Å². The Balaban J connectivity index is 2.47. The van der Waals surface area contributed by atoms with Crippen LogP contribution in [0.2, 0.25) is 0 Å². The minimum absolute atomic E-state index is 0.908. The highest BCUT2D eigenvalue weighted by Crippen LogP contribution is 2.32. The SMILES string of the molecule is COc1ccc(-c2ncsc2Br)cc1C. The Labute approximate surface area is 101 Å². The predicted molar refractivity (Wildman–Crippen MR) is 66.5 cm³/mol. The second-order valence-corrected chi connectivity index (χ2v) is 5.33. The van der Waals surface area contributed by atoms with E-state index in [-0.39, 0.29) is 0 Å². The number of hydrogen-bond acceptors (Lipinski definition) is 3. The van der Waals surface area contributed by atoms with Crippen molar-refractivity contribution >= 4 is 27.3 Å². The van der Waals surface area contributed by atoms with Crippen LogP contribution in [0.5, 0.6) is 5.75 Å². The molecule has 0 atom stereocenters. The van der Waals surface area contributed by atoms with Gasteiger partial charge in [-0.15, -0.1) is 11.3 Å². The zero-order valence-electron chi connectivity index (χ0n) is 8.45. The summed E-state index contributed by atoms with van der Waals surface area (Å²) in [6.45, 7) is 2.03. The molecule has 0 unspecified atom stereocenters. The van der Waals surface area contributed by atoms with Gasteiger partial charge in [-0.3, -0.25) is 0 Å². The standard InChI is InChI=1S/C11H10BrNOS/c1-7-5-8(3-4-9(7)14-2)10-11(12)15-6-13-10/h3-6H,1-2H3. The van der Waals surface area contributed by atoms with Crippen molar-refractivity contribution in [3.63, 3.8) is 0 Å². The van der Waals surface area contributed by atoms with Crippen molar-refractivity contribution in [3.05, 3.63) is 33.1 Å². The number of halogens is 1.